The van der Waals surface area contributed by atoms with Gasteiger partial charge in [-0.25, -0.2) is 0 Å². The largest absolute Gasteiger partial charge is 0.395 e. The minimum Gasteiger partial charge on any atom is -0.395 e. The van der Waals surface area contributed by atoms with E-state index in [2.05, 4.69) is 26.1 Å². The third-order valence-electron chi connectivity index (χ3n) is 3.62. The van der Waals surface area contributed by atoms with Gasteiger partial charge in [0.05, 0.1) is 12.0 Å². The van der Waals surface area contributed by atoms with Gasteiger partial charge in [-0.1, -0.05) is 39.0 Å². The summed E-state index contributed by atoms with van der Waals surface area (Å²) >= 11 is 0. The van der Waals surface area contributed by atoms with Crippen molar-refractivity contribution in [2.24, 2.45) is 5.41 Å². The number of aliphatic hydroxyl groups excluding tert-OH is 1. The van der Waals surface area contributed by atoms with Crippen LogP contribution in [0.25, 0.3) is 0 Å². The van der Waals surface area contributed by atoms with Crippen LogP contribution in [0.4, 0.5) is 5.69 Å². The molecule has 1 aliphatic rings. The first kappa shape index (κ1) is 13.1. The number of carbonyl (C=O) groups excluding carboxylic acids is 1. The predicted octanol–water partition coefficient (Wildman–Crippen LogP) is 2.70. The Hall–Kier alpha value is -1.35. The van der Waals surface area contributed by atoms with Crippen molar-refractivity contribution in [2.75, 3.05) is 11.9 Å². The molecule has 0 bridgehead atoms. The Bertz CT molecular complexity index is 456. The third-order valence-corrected chi connectivity index (χ3v) is 3.62. The third kappa shape index (κ3) is 2.41. The first-order valence-corrected chi connectivity index (χ1v) is 6.41. The van der Waals surface area contributed by atoms with Crippen molar-refractivity contribution in [1.82, 2.24) is 0 Å². The van der Waals surface area contributed by atoms with Gasteiger partial charge in [0.1, 0.15) is 0 Å². The highest BCUT2D eigenvalue weighted by Gasteiger charge is 2.49. The number of aliphatic hydroxyl groups is 1. The number of benzene rings is 1. The zero-order chi connectivity index (χ0) is 13.4. The van der Waals surface area contributed by atoms with Crippen LogP contribution in [0.2, 0.25) is 0 Å². The topological polar surface area (TPSA) is 49.3 Å². The van der Waals surface area contributed by atoms with Gasteiger partial charge in [0, 0.05) is 5.69 Å². The maximum absolute atomic E-state index is 12.1. The Morgan fingerprint density at radius 2 is 1.94 bits per heavy atom. The van der Waals surface area contributed by atoms with Gasteiger partial charge in [-0.3, -0.25) is 4.79 Å². The molecule has 1 aliphatic carbocycles. The van der Waals surface area contributed by atoms with E-state index in [0.717, 1.165) is 24.1 Å². The minimum absolute atomic E-state index is 0.0141. The van der Waals surface area contributed by atoms with Crippen molar-refractivity contribution < 1.29 is 9.90 Å². The number of carbonyl (C=O) groups is 1. The Morgan fingerprint density at radius 1 is 1.33 bits per heavy atom. The van der Waals surface area contributed by atoms with Crippen molar-refractivity contribution in [3.8, 4) is 0 Å². The number of anilines is 1. The fourth-order valence-electron chi connectivity index (χ4n) is 2.11. The number of rotatable bonds is 3. The van der Waals surface area contributed by atoms with Crippen molar-refractivity contribution >= 4 is 11.6 Å². The van der Waals surface area contributed by atoms with Gasteiger partial charge in [0.15, 0.2) is 0 Å². The van der Waals surface area contributed by atoms with E-state index in [1.165, 1.54) is 0 Å². The molecule has 0 unspecified atom stereocenters. The summed E-state index contributed by atoms with van der Waals surface area (Å²) in [6.07, 6.45) is 1.57. The van der Waals surface area contributed by atoms with Crippen LogP contribution >= 0.6 is 0 Å². The van der Waals surface area contributed by atoms with Crippen LogP contribution in [-0.2, 0) is 10.2 Å². The number of hydrogen-bond donors (Lipinski definition) is 2. The van der Waals surface area contributed by atoms with Crippen molar-refractivity contribution in [1.29, 1.82) is 0 Å². The summed E-state index contributed by atoms with van der Waals surface area (Å²) in [4.78, 5) is 12.1. The summed E-state index contributed by atoms with van der Waals surface area (Å²) in [7, 11) is 0. The van der Waals surface area contributed by atoms with Gasteiger partial charge in [-0.2, -0.15) is 0 Å². The van der Waals surface area contributed by atoms with Crippen LogP contribution in [0.1, 0.15) is 39.2 Å². The molecule has 0 saturated heterocycles. The molecule has 0 aliphatic heterocycles. The normalized spacial score (nSPS) is 17.3. The highest BCUT2D eigenvalue weighted by atomic mass is 16.3. The van der Waals surface area contributed by atoms with E-state index in [9.17, 15) is 9.90 Å². The molecule has 3 heteroatoms. The maximum Gasteiger partial charge on any atom is 0.232 e. The molecule has 0 heterocycles. The van der Waals surface area contributed by atoms with Gasteiger partial charge in [0.25, 0.3) is 0 Å². The van der Waals surface area contributed by atoms with Crippen LogP contribution in [0, 0.1) is 5.41 Å². The molecule has 0 atom stereocenters. The van der Waals surface area contributed by atoms with Gasteiger partial charge in [-0.15, -0.1) is 0 Å². The lowest BCUT2D eigenvalue weighted by Gasteiger charge is -2.24. The molecule has 0 radical (unpaired) electrons. The lowest BCUT2D eigenvalue weighted by Crippen LogP contribution is -2.28. The quantitative estimate of drug-likeness (QED) is 0.862. The zero-order valence-electron chi connectivity index (χ0n) is 11.3. The molecule has 3 nitrogen and oxygen atoms in total. The van der Waals surface area contributed by atoms with Gasteiger partial charge >= 0.3 is 0 Å². The Kier molecular flexibility index (Phi) is 3.20. The average Bonchev–Trinajstić information content (AvgIpc) is 3.09. The average molecular weight is 247 g/mol. The van der Waals surface area contributed by atoms with E-state index in [1.807, 2.05) is 24.3 Å². The smallest absolute Gasteiger partial charge is 0.232 e. The minimum atomic E-state index is -0.523. The van der Waals surface area contributed by atoms with Crippen molar-refractivity contribution in [2.45, 2.75) is 39.0 Å². The predicted molar refractivity (Wildman–Crippen MR) is 72.5 cm³/mol. The highest BCUT2D eigenvalue weighted by molar-refractivity contribution is 5.98. The first-order valence-electron chi connectivity index (χ1n) is 6.41. The van der Waals surface area contributed by atoms with E-state index in [4.69, 9.17) is 0 Å². The second-order valence-electron chi connectivity index (χ2n) is 6.19. The van der Waals surface area contributed by atoms with E-state index >= 15 is 0 Å². The molecule has 1 aromatic rings. The standard InChI is InChI=1S/C15H21NO2/c1-14(2,3)11-6-4-5-7-12(11)16-13(18)15(10-17)8-9-15/h4-7,17H,8-10H2,1-3H3,(H,16,18). The SMILES string of the molecule is CC(C)(C)c1ccccc1NC(=O)C1(CO)CC1. The van der Waals surface area contributed by atoms with Gasteiger partial charge in [0.2, 0.25) is 5.91 Å². The number of hydrogen-bond acceptors (Lipinski definition) is 2. The van der Waals surface area contributed by atoms with E-state index in [1.54, 1.807) is 0 Å². The fourth-order valence-corrected chi connectivity index (χ4v) is 2.11. The van der Waals surface area contributed by atoms with E-state index in [-0.39, 0.29) is 17.9 Å². The van der Waals surface area contributed by atoms with E-state index < -0.39 is 5.41 Å². The summed E-state index contributed by atoms with van der Waals surface area (Å²) in [5, 5.41) is 12.2. The monoisotopic (exact) mass is 247 g/mol. The fraction of sp³-hybridized carbons (Fsp3) is 0.533. The molecule has 2 N–H and O–H groups in total. The first-order chi connectivity index (χ1) is 8.39. The second kappa shape index (κ2) is 4.39. The van der Waals surface area contributed by atoms with Crippen LogP contribution in [0.5, 0.6) is 0 Å². The maximum atomic E-state index is 12.1. The summed E-state index contributed by atoms with van der Waals surface area (Å²) in [6, 6.07) is 7.86. The van der Waals surface area contributed by atoms with Gasteiger partial charge < -0.3 is 10.4 Å². The molecular weight excluding hydrogens is 226 g/mol. The van der Waals surface area contributed by atoms with Crippen molar-refractivity contribution in [3.05, 3.63) is 29.8 Å². The summed E-state index contributed by atoms with van der Waals surface area (Å²) in [5.74, 6) is -0.0540. The van der Waals surface area contributed by atoms with Crippen LogP contribution in [0.15, 0.2) is 24.3 Å². The zero-order valence-corrected chi connectivity index (χ0v) is 11.3. The summed E-state index contributed by atoms with van der Waals surface area (Å²) in [5.41, 5.74) is 1.44. The molecule has 0 spiro atoms. The Balaban J connectivity index is 2.22. The van der Waals surface area contributed by atoms with E-state index in [0.29, 0.717) is 0 Å². The van der Waals surface area contributed by atoms with Gasteiger partial charge in [-0.05, 0) is 29.9 Å². The van der Waals surface area contributed by atoms with Crippen LogP contribution < -0.4 is 5.32 Å². The molecule has 18 heavy (non-hydrogen) atoms. The lowest BCUT2D eigenvalue weighted by atomic mass is 9.85. The number of para-hydroxylation sites is 1. The Morgan fingerprint density at radius 3 is 2.44 bits per heavy atom. The number of nitrogens with one attached hydrogen (secondary N) is 1. The van der Waals surface area contributed by atoms with Crippen molar-refractivity contribution in [3.63, 3.8) is 0 Å². The van der Waals surface area contributed by atoms with Crippen LogP contribution in [0.3, 0.4) is 0 Å². The lowest BCUT2D eigenvalue weighted by molar-refractivity contribution is -0.122. The Labute approximate surface area is 108 Å². The second-order valence-corrected chi connectivity index (χ2v) is 6.19. The molecule has 1 fully saturated rings. The molecule has 1 amide bonds. The number of amides is 1. The molecular formula is C15H21NO2. The summed E-state index contributed by atoms with van der Waals surface area (Å²) in [6.45, 7) is 6.31. The molecule has 98 valence electrons. The molecule has 0 aromatic heterocycles. The van der Waals surface area contributed by atoms with Crippen LogP contribution in [-0.4, -0.2) is 17.6 Å². The highest BCUT2D eigenvalue weighted by Crippen LogP contribution is 2.46. The summed E-state index contributed by atoms with van der Waals surface area (Å²) < 4.78 is 0. The molecule has 2 rings (SSSR count). The molecule has 1 saturated carbocycles. The molecule has 1 aromatic carbocycles.